The summed E-state index contributed by atoms with van der Waals surface area (Å²) >= 11 is 0. The molecule has 1 aromatic carbocycles. The number of hydrogen-bond donors (Lipinski definition) is 2. The van der Waals surface area contributed by atoms with Crippen LogP contribution in [0.3, 0.4) is 0 Å². The summed E-state index contributed by atoms with van der Waals surface area (Å²) in [6, 6.07) is 6.13. The molecule has 1 aromatic heterocycles. The van der Waals surface area contributed by atoms with Crippen LogP contribution in [0, 0.1) is 0 Å². The number of amides is 1. The van der Waals surface area contributed by atoms with E-state index in [9.17, 15) is 4.79 Å². The van der Waals surface area contributed by atoms with Crippen LogP contribution in [0.1, 0.15) is 27.9 Å². The van der Waals surface area contributed by atoms with Crippen molar-refractivity contribution in [3.05, 3.63) is 47.3 Å². The summed E-state index contributed by atoms with van der Waals surface area (Å²) in [5.41, 5.74) is 4.17. The van der Waals surface area contributed by atoms with Gasteiger partial charge in [0.05, 0.1) is 11.8 Å². The van der Waals surface area contributed by atoms with E-state index in [1.165, 1.54) is 23.7 Å². The van der Waals surface area contributed by atoms with Gasteiger partial charge in [0.15, 0.2) is 0 Å². The van der Waals surface area contributed by atoms with Crippen molar-refractivity contribution in [2.45, 2.75) is 19.3 Å². The molecule has 0 unspecified atom stereocenters. The van der Waals surface area contributed by atoms with Crippen molar-refractivity contribution < 1.29 is 4.79 Å². The van der Waals surface area contributed by atoms with Crippen LogP contribution in [0.25, 0.3) is 0 Å². The molecule has 0 aliphatic heterocycles. The number of nitrogens with one attached hydrogen (secondary N) is 2. The van der Waals surface area contributed by atoms with Crippen molar-refractivity contribution in [2.75, 3.05) is 5.32 Å². The molecule has 4 heteroatoms. The fraction of sp³-hybridized carbons (Fsp3) is 0.231. The number of benzene rings is 1. The average molecular weight is 227 g/mol. The molecule has 0 saturated heterocycles. The first kappa shape index (κ1) is 10.1. The van der Waals surface area contributed by atoms with Gasteiger partial charge in [-0.1, -0.05) is 6.07 Å². The van der Waals surface area contributed by atoms with Crippen molar-refractivity contribution in [1.82, 2.24) is 10.2 Å². The molecule has 0 atom stereocenters. The van der Waals surface area contributed by atoms with E-state index in [1.807, 2.05) is 6.07 Å². The highest BCUT2D eigenvalue weighted by Gasteiger charge is 2.12. The van der Waals surface area contributed by atoms with Gasteiger partial charge in [-0.2, -0.15) is 5.10 Å². The van der Waals surface area contributed by atoms with Gasteiger partial charge < -0.3 is 5.32 Å². The third-order valence-electron chi connectivity index (χ3n) is 3.12. The minimum absolute atomic E-state index is 0.128. The zero-order chi connectivity index (χ0) is 11.7. The molecule has 4 nitrogen and oxygen atoms in total. The molecule has 2 aromatic rings. The van der Waals surface area contributed by atoms with Crippen molar-refractivity contribution >= 4 is 11.6 Å². The lowest BCUT2D eigenvalue weighted by atomic mass is 10.1. The Bertz CT molecular complexity index is 546. The van der Waals surface area contributed by atoms with Crippen molar-refractivity contribution in [3.8, 4) is 0 Å². The molecule has 1 heterocycles. The van der Waals surface area contributed by atoms with Gasteiger partial charge in [-0.25, -0.2) is 0 Å². The Morgan fingerprint density at radius 3 is 3.00 bits per heavy atom. The number of nitrogens with zero attached hydrogens (tertiary/aromatic N) is 1. The largest absolute Gasteiger partial charge is 0.322 e. The summed E-state index contributed by atoms with van der Waals surface area (Å²) < 4.78 is 0. The molecule has 0 fully saturated rings. The number of carbonyl (C=O) groups is 1. The first-order valence-electron chi connectivity index (χ1n) is 5.75. The molecule has 0 saturated carbocycles. The van der Waals surface area contributed by atoms with Gasteiger partial charge in [-0.15, -0.1) is 0 Å². The Kier molecular flexibility index (Phi) is 2.40. The average Bonchev–Trinajstić information content (AvgIpc) is 2.99. The molecule has 86 valence electrons. The lowest BCUT2D eigenvalue weighted by Gasteiger charge is -2.06. The highest BCUT2D eigenvalue weighted by molar-refractivity contribution is 6.03. The first-order valence-corrected chi connectivity index (χ1v) is 5.75. The maximum Gasteiger partial charge on any atom is 0.258 e. The van der Waals surface area contributed by atoms with Crippen LogP contribution >= 0.6 is 0 Å². The summed E-state index contributed by atoms with van der Waals surface area (Å²) in [7, 11) is 0. The number of fused-ring (bicyclic) bond motifs is 1. The molecule has 0 radical (unpaired) electrons. The SMILES string of the molecule is O=C(Nc1ccc2c(c1)CCC2)c1cn[nH]c1. The van der Waals surface area contributed by atoms with E-state index in [1.54, 1.807) is 6.20 Å². The predicted molar refractivity (Wildman–Crippen MR) is 65.0 cm³/mol. The van der Waals surface area contributed by atoms with Crippen molar-refractivity contribution in [1.29, 1.82) is 0 Å². The quantitative estimate of drug-likeness (QED) is 0.825. The molecule has 0 spiro atoms. The Morgan fingerprint density at radius 1 is 1.29 bits per heavy atom. The number of aromatic nitrogens is 2. The fourth-order valence-electron chi connectivity index (χ4n) is 2.23. The minimum atomic E-state index is -0.128. The first-order chi connectivity index (χ1) is 8.33. The molecular formula is C13H13N3O. The van der Waals surface area contributed by atoms with E-state index in [2.05, 4.69) is 27.6 Å². The second kappa shape index (κ2) is 4.05. The van der Waals surface area contributed by atoms with Crippen LogP contribution < -0.4 is 5.32 Å². The normalized spacial score (nSPS) is 13.4. The third kappa shape index (κ3) is 1.93. The number of anilines is 1. The van der Waals surface area contributed by atoms with Crippen molar-refractivity contribution in [3.63, 3.8) is 0 Å². The van der Waals surface area contributed by atoms with E-state index < -0.39 is 0 Å². The van der Waals surface area contributed by atoms with Gasteiger partial charge >= 0.3 is 0 Å². The summed E-state index contributed by atoms with van der Waals surface area (Å²) in [6.07, 6.45) is 6.59. The Hall–Kier alpha value is -2.10. The summed E-state index contributed by atoms with van der Waals surface area (Å²) in [5.74, 6) is -0.128. The maximum atomic E-state index is 11.8. The van der Waals surface area contributed by atoms with Crippen LogP contribution in [0.4, 0.5) is 5.69 Å². The smallest absolute Gasteiger partial charge is 0.258 e. The van der Waals surface area contributed by atoms with E-state index in [4.69, 9.17) is 0 Å². The number of rotatable bonds is 2. The fourth-order valence-corrected chi connectivity index (χ4v) is 2.23. The molecule has 1 aliphatic rings. The van der Waals surface area contributed by atoms with Gasteiger partial charge in [0, 0.05) is 11.9 Å². The highest BCUT2D eigenvalue weighted by Crippen LogP contribution is 2.25. The molecule has 1 aliphatic carbocycles. The summed E-state index contributed by atoms with van der Waals surface area (Å²) in [6.45, 7) is 0. The van der Waals surface area contributed by atoms with Crippen LogP contribution in [-0.4, -0.2) is 16.1 Å². The highest BCUT2D eigenvalue weighted by atomic mass is 16.1. The molecule has 1 amide bonds. The molecule has 17 heavy (non-hydrogen) atoms. The molecule has 3 rings (SSSR count). The van der Waals surface area contributed by atoms with E-state index in [0.29, 0.717) is 5.56 Å². The second-order valence-electron chi connectivity index (χ2n) is 4.28. The van der Waals surface area contributed by atoms with E-state index in [0.717, 1.165) is 18.5 Å². The van der Waals surface area contributed by atoms with Gasteiger partial charge in [-0.3, -0.25) is 9.89 Å². The number of hydrogen-bond acceptors (Lipinski definition) is 2. The Morgan fingerprint density at radius 2 is 2.18 bits per heavy atom. The predicted octanol–water partition coefficient (Wildman–Crippen LogP) is 2.15. The standard InChI is InChI=1S/C13H13N3O/c17-13(11-7-14-15-8-11)16-12-5-4-9-2-1-3-10(9)6-12/h4-8H,1-3H2,(H,14,15)(H,16,17). The summed E-state index contributed by atoms with van der Waals surface area (Å²) in [4.78, 5) is 11.8. The van der Waals surface area contributed by atoms with Gasteiger partial charge in [0.25, 0.3) is 5.91 Å². The van der Waals surface area contributed by atoms with Gasteiger partial charge in [-0.05, 0) is 42.5 Å². The zero-order valence-electron chi connectivity index (χ0n) is 9.36. The van der Waals surface area contributed by atoms with Crippen LogP contribution in [0.15, 0.2) is 30.6 Å². The lowest BCUT2D eigenvalue weighted by Crippen LogP contribution is -2.11. The Balaban J connectivity index is 1.80. The van der Waals surface area contributed by atoms with E-state index in [-0.39, 0.29) is 5.91 Å². The van der Waals surface area contributed by atoms with Crippen LogP contribution in [0.5, 0.6) is 0 Å². The zero-order valence-corrected chi connectivity index (χ0v) is 9.36. The van der Waals surface area contributed by atoms with Crippen LogP contribution in [-0.2, 0) is 12.8 Å². The minimum Gasteiger partial charge on any atom is -0.322 e. The van der Waals surface area contributed by atoms with Gasteiger partial charge in [0.2, 0.25) is 0 Å². The van der Waals surface area contributed by atoms with Crippen LogP contribution in [0.2, 0.25) is 0 Å². The molecule has 0 bridgehead atoms. The van der Waals surface area contributed by atoms with Gasteiger partial charge in [0.1, 0.15) is 0 Å². The number of carbonyl (C=O) groups excluding carboxylic acids is 1. The number of aromatic amines is 1. The monoisotopic (exact) mass is 227 g/mol. The van der Waals surface area contributed by atoms with E-state index >= 15 is 0 Å². The maximum absolute atomic E-state index is 11.8. The number of aryl methyl sites for hydroxylation is 2. The topological polar surface area (TPSA) is 57.8 Å². The lowest BCUT2D eigenvalue weighted by molar-refractivity contribution is 0.102. The second-order valence-corrected chi connectivity index (χ2v) is 4.28. The number of H-pyrrole nitrogens is 1. The Labute approximate surface area is 99.1 Å². The summed E-state index contributed by atoms with van der Waals surface area (Å²) in [5, 5.41) is 9.26. The molecular weight excluding hydrogens is 214 g/mol. The third-order valence-corrected chi connectivity index (χ3v) is 3.12. The molecule has 2 N–H and O–H groups in total. The van der Waals surface area contributed by atoms with Crippen molar-refractivity contribution in [2.24, 2.45) is 0 Å².